The minimum atomic E-state index is -0.375. The van der Waals surface area contributed by atoms with Crippen LogP contribution in [-0.4, -0.2) is 30.1 Å². The highest BCUT2D eigenvalue weighted by molar-refractivity contribution is 5.74. The number of hydrogen-bond acceptors (Lipinski definition) is 3. The van der Waals surface area contributed by atoms with Crippen molar-refractivity contribution < 1.29 is 4.79 Å². The van der Waals surface area contributed by atoms with Crippen molar-refractivity contribution in [3.8, 4) is 0 Å². The number of carbonyl (C=O) groups excluding carboxylic acids is 1. The zero-order chi connectivity index (χ0) is 6.91. The molecule has 0 aromatic heterocycles. The minimum Gasteiger partial charge on any atom is -0.301 e. The lowest BCUT2D eigenvalue weighted by atomic mass is 10.0. The van der Waals surface area contributed by atoms with Crippen LogP contribution in [0.4, 0.5) is 0 Å². The minimum absolute atomic E-state index is 0.375. The first-order chi connectivity index (χ1) is 4.19. The van der Waals surface area contributed by atoms with Gasteiger partial charge in [0.15, 0.2) is 0 Å². The molecule has 1 atom stereocenters. The largest absolute Gasteiger partial charge is 0.301 e. The molecule has 0 aromatic rings. The first-order valence-corrected chi connectivity index (χ1v) is 2.92. The van der Waals surface area contributed by atoms with E-state index < -0.39 is 0 Å². The lowest BCUT2D eigenvalue weighted by Gasteiger charge is -2.24. The number of hydrazone groups is 1. The molecule has 1 heterocycles. The van der Waals surface area contributed by atoms with Crippen molar-refractivity contribution in [3.63, 3.8) is 0 Å². The second-order valence-corrected chi connectivity index (χ2v) is 2.50. The molecule has 9 heavy (non-hydrogen) atoms. The van der Waals surface area contributed by atoms with E-state index in [0.29, 0.717) is 0 Å². The van der Waals surface area contributed by atoms with E-state index in [1.165, 1.54) is 0 Å². The third-order valence-electron chi connectivity index (χ3n) is 1.75. The highest BCUT2D eigenvalue weighted by atomic mass is 16.1. The lowest BCUT2D eigenvalue weighted by Crippen LogP contribution is -2.38. The van der Waals surface area contributed by atoms with E-state index in [9.17, 15) is 4.79 Å². The van der Waals surface area contributed by atoms with Crippen LogP contribution in [-0.2, 0) is 4.79 Å². The van der Waals surface area contributed by atoms with Gasteiger partial charge in [-0.2, -0.15) is 5.10 Å². The molecule has 0 bridgehead atoms. The van der Waals surface area contributed by atoms with Crippen molar-refractivity contribution in [2.45, 2.75) is 18.9 Å². The molecule has 0 amide bonds. The van der Waals surface area contributed by atoms with Gasteiger partial charge in [-0.15, -0.1) is 0 Å². The van der Waals surface area contributed by atoms with Crippen LogP contribution >= 0.6 is 0 Å². The Kier molecular flexibility index (Phi) is 1.27. The van der Waals surface area contributed by atoms with Crippen molar-refractivity contribution >= 4 is 12.5 Å². The summed E-state index contributed by atoms with van der Waals surface area (Å²) in [6.07, 6.45) is 3.42. The molecule has 3 heteroatoms. The van der Waals surface area contributed by atoms with Gasteiger partial charge in [0.05, 0.1) is 0 Å². The molecule has 0 saturated carbocycles. The first kappa shape index (κ1) is 6.26. The van der Waals surface area contributed by atoms with Gasteiger partial charge in [0.25, 0.3) is 0 Å². The molecule has 3 nitrogen and oxygen atoms in total. The van der Waals surface area contributed by atoms with Gasteiger partial charge < -0.3 is 4.79 Å². The van der Waals surface area contributed by atoms with Crippen molar-refractivity contribution in [3.05, 3.63) is 0 Å². The quantitative estimate of drug-likeness (QED) is 0.472. The van der Waals surface area contributed by atoms with E-state index in [4.69, 9.17) is 0 Å². The number of carbonyl (C=O) groups is 1. The first-order valence-electron chi connectivity index (χ1n) is 2.92. The van der Waals surface area contributed by atoms with Crippen LogP contribution in [0.25, 0.3) is 0 Å². The second-order valence-electron chi connectivity index (χ2n) is 2.50. The fourth-order valence-corrected chi connectivity index (χ4v) is 0.737. The van der Waals surface area contributed by atoms with Gasteiger partial charge in [0, 0.05) is 19.7 Å². The molecule has 1 rings (SSSR count). The van der Waals surface area contributed by atoms with Gasteiger partial charge in [-0.1, -0.05) is 0 Å². The molecular weight excluding hydrogens is 116 g/mol. The molecule has 1 aliphatic heterocycles. The van der Waals surface area contributed by atoms with Crippen molar-refractivity contribution in [2.24, 2.45) is 5.10 Å². The normalized spacial score (nSPS) is 33.3. The average Bonchev–Trinajstić information content (AvgIpc) is 2.15. The van der Waals surface area contributed by atoms with E-state index >= 15 is 0 Å². The monoisotopic (exact) mass is 126 g/mol. The number of likely N-dealkylation sites (N-methyl/N-ethyl adjacent to an activating group) is 1. The van der Waals surface area contributed by atoms with E-state index in [1.807, 2.05) is 6.92 Å². The molecule has 0 spiro atoms. The summed E-state index contributed by atoms with van der Waals surface area (Å²) in [6, 6.07) is 0. The van der Waals surface area contributed by atoms with Crippen molar-refractivity contribution in [1.29, 1.82) is 0 Å². The summed E-state index contributed by atoms with van der Waals surface area (Å²) in [4.78, 5) is 10.4. The fourth-order valence-electron chi connectivity index (χ4n) is 0.737. The predicted octanol–water partition coefficient (Wildman–Crippen LogP) is 0.265. The Hall–Kier alpha value is -0.860. The number of aldehydes is 1. The highest BCUT2D eigenvalue weighted by Gasteiger charge is 2.30. The molecule has 0 aliphatic carbocycles. The molecule has 50 valence electrons. The summed E-state index contributed by atoms with van der Waals surface area (Å²) in [5.41, 5.74) is -0.375. The topological polar surface area (TPSA) is 32.7 Å². The Bertz CT molecular complexity index is 155. The summed E-state index contributed by atoms with van der Waals surface area (Å²) >= 11 is 0. The van der Waals surface area contributed by atoms with Gasteiger partial charge in [-0.3, -0.25) is 5.01 Å². The van der Waals surface area contributed by atoms with Crippen LogP contribution in [0.15, 0.2) is 5.10 Å². The van der Waals surface area contributed by atoms with Crippen LogP contribution in [0, 0.1) is 0 Å². The maximum atomic E-state index is 10.4. The zero-order valence-corrected chi connectivity index (χ0v) is 5.66. The molecule has 0 N–H and O–H groups in total. The van der Waals surface area contributed by atoms with E-state index in [2.05, 4.69) is 5.10 Å². The lowest BCUT2D eigenvalue weighted by molar-refractivity contribution is -0.116. The standard InChI is InChI=1S/C6H10N2O/c1-6(5-9)3-4-7-8(6)2/h4-5H,3H2,1-2H3. The van der Waals surface area contributed by atoms with Gasteiger partial charge in [-0.05, 0) is 6.92 Å². The molecule has 0 saturated heterocycles. The summed E-state index contributed by atoms with van der Waals surface area (Å²) in [5.74, 6) is 0. The maximum absolute atomic E-state index is 10.4. The number of rotatable bonds is 1. The Morgan fingerprint density at radius 1 is 1.89 bits per heavy atom. The zero-order valence-electron chi connectivity index (χ0n) is 5.66. The third kappa shape index (κ3) is 0.823. The van der Waals surface area contributed by atoms with Crippen molar-refractivity contribution in [2.75, 3.05) is 7.05 Å². The molecular formula is C6H10N2O. The summed E-state index contributed by atoms with van der Waals surface area (Å²) < 4.78 is 0. The molecule has 0 fully saturated rings. The van der Waals surface area contributed by atoms with E-state index in [0.717, 1.165) is 12.7 Å². The number of nitrogens with zero attached hydrogens (tertiary/aromatic N) is 2. The van der Waals surface area contributed by atoms with Crippen LogP contribution < -0.4 is 0 Å². The molecule has 1 aliphatic rings. The second kappa shape index (κ2) is 1.83. The Balaban J connectivity index is 2.73. The van der Waals surface area contributed by atoms with Gasteiger partial charge in [0.1, 0.15) is 11.8 Å². The fraction of sp³-hybridized carbons (Fsp3) is 0.667. The highest BCUT2D eigenvalue weighted by Crippen LogP contribution is 2.18. The van der Waals surface area contributed by atoms with Crippen LogP contribution in [0.2, 0.25) is 0 Å². The molecule has 0 radical (unpaired) electrons. The Labute approximate surface area is 54.3 Å². The smallest absolute Gasteiger partial charge is 0.147 e. The van der Waals surface area contributed by atoms with E-state index in [1.54, 1.807) is 18.3 Å². The van der Waals surface area contributed by atoms with Gasteiger partial charge >= 0.3 is 0 Å². The Morgan fingerprint density at radius 2 is 2.56 bits per heavy atom. The van der Waals surface area contributed by atoms with Crippen molar-refractivity contribution in [1.82, 2.24) is 5.01 Å². The third-order valence-corrected chi connectivity index (χ3v) is 1.75. The molecule has 1 unspecified atom stereocenters. The van der Waals surface area contributed by atoms with E-state index in [-0.39, 0.29) is 5.54 Å². The predicted molar refractivity (Wildman–Crippen MR) is 35.3 cm³/mol. The van der Waals surface area contributed by atoms with Gasteiger partial charge in [0.2, 0.25) is 0 Å². The Morgan fingerprint density at radius 3 is 2.78 bits per heavy atom. The number of hydrogen-bond donors (Lipinski definition) is 0. The van der Waals surface area contributed by atoms with Gasteiger partial charge in [-0.25, -0.2) is 0 Å². The van der Waals surface area contributed by atoms with Crippen LogP contribution in [0.1, 0.15) is 13.3 Å². The summed E-state index contributed by atoms with van der Waals surface area (Å²) in [5, 5.41) is 5.62. The SMILES string of the molecule is CN1N=CCC1(C)C=O. The molecule has 0 aromatic carbocycles. The summed E-state index contributed by atoms with van der Waals surface area (Å²) in [6.45, 7) is 1.87. The average molecular weight is 126 g/mol. The van der Waals surface area contributed by atoms with Crippen LogP contribution in [0.3, 0.4) is 0 Å². The maximum Gasteiger partial charge on any atom is 0.147 e. The summed E-state index contributed by atoms with van der Waals surface area (Å²) in [7, 11) is 1.80. The van der Waals surface area contributed by atoms with Crippen LogP contribution in [0.5, 0.6) is 0 Å².